The second-order valence-corrected chi connectivity index (χ2v) is 7.72. The Labute approximate surface area is 189 Å². The van der Waals surface area contributed by atoms with Crippen molar-refractivity contribution in [3.63, 3.8) is 0 Å². The van der Waals surface area contributed by atoms with E-state index < -0.39 is 34.4 Å². The van der Waals surface area contributed by atoms with E-state index in [1.165, 1.54) is 19.1 Å². The van der Waals surface area contributed by atoms with Gasteiger partial charge in [0.15, 0.2) is 0 Å². The van der Waals surface area contributed by atoms with Gasteiger partial charge in [-0.2, -0.15) is 35.1 Å². The smallest absolute Gasteiger partial charge is 0.354 e. The van der Waals surface area contributed by atoms with Crippen LogP contribution in [0.2, 0.25) is 0 Å². The van der Waals surface area contributed by atoms with Gasteiger partial charge in [-0.25, -0.2) is 4.39 Å². The van der Waals surface area contributed by atoms with Crippen molar-refractivity contribution in [1.82, 2.24) is 0 Å². The molecule has 0 bridgehead atoms. The number of nitro benzene ring substituents is 1. The number of halogens is 10. The fourth-order valence-electron chi connectivity index (χ4n) is 3.13. The third kappa shape index (κ3) is 4.49. The summed E-state index contributed by atoms with van der Waals surface area (Å²) in [5.41, 5.74) is -8.87. The standard InChI is InChI=1S/C19H14BrF9N2O2/c1-3-10-8-11(16(21,18(24,25)26)17(22,23)19(27,28)29)7-9(2)15(10)30-12-5-4-6-13(14(12)20)31(32)33/h4-8,30H,3H2,1-2H3. The summed E-state index contributed by atoms with van der Waals surface area (Å²) in [6.45, 7) is 2.42. The Bertz CT molecular complexity index is 1070. The van der Waals surface area contributed by atoms with Gasteiger partial charge in [0.1, 0.15) is 4.47 Å². The molecule has 0 amide bonds. The summed E-state index contributed by atoms with van der Waals surface area (Å²) in [5.74, 6) is -6.78. The molecule has 0 aliphatic carbocycles. The molecule has 2 aromatic carbocycles. The van der Waals surface area contributed by atoms with Crippen molar-refractivity contribution in [2.45, 2.75) is 44.2 Å². The minimum Gasteiger partial charge on any atom is -0.354 e. The number of nitro groups is 1. The zero-order valence-corrected chi connectivity index (χ0v) is 18.2. The van der Waals surface area contributed by atoms with Gasteiger partial charge in [-0.15, -0.1) is 0 Å². The Hall–Kier alpha value is -2.51. The predicted octanol–water partition coefficient (Wildman–Crippen LogP) is 7.90. The molecule has 0 aliphatic rings. The van der Waals surface area contributed by atoms with Gasteiger partial charge in [-0.3, -0.25) is 10.1 Å². The summed E-state index contributed by atoms with van der Waals surface area (Å²) in [6.07, 6.45) is -13.6. The lowest BCUT2D eigenvalue weighted by molar-refractivity contribution is -0.389. The third-order valence-corrected chi connectivity index (χ3v) is 5.64. The number of rotatable bonds is 6. The minimum absolute atomic E-state index is 0.0395. The zero-order chi connectivity index (χ0) is 25.6. The van der Waals surface area contributed by atoms with E-state index in [0.29, 0.717) is 0 Å². The molecule has 0 fully saturated rings. The van der Waals surface area contributed by atoms with E-state index in [-0.39, 0.29) is 51.2 Å². The number of aryl methyl sites for hydroxylation is 2. The molecule has 33 heavy (non-hydrogen) atoms. The lowest BCUT2D eigenvalue weighted by Crippen LogP contribution is -2.59. The van der Waals surface area contributed by atoms with Gasteiger partial charge >= 0.3 is 23.9 Å². The van der Waals surface area contributed by atoms with Crippen LogP contribution in [0.25, 0.3) is 0 Å². The number of nitrogens with one attached hydrogen (secondary N) is 1. The second kappa shape index (κ2) is 8.69. The van der Waals surface area contributed by atoms with Crippen LogP contribution in [0.5, 0.6) is 0 Å². The Kier molecular flexibility index (Phi) is 7.04. The molecule has 0 aromatic heterocycles. The molecule has 0 aliphatic heterocycles. The van der Waals surface area contributed by atoms with E-state index in [1.54, 1.807) is 0 Å². The zero-order valence-electron chi connectivity index (χ0n) is 16.6. The van der Waals surface area contributed by atoms with E-state index >= 15 is 0 Å². The van der Waals surface area contributed by atoms with Crippen LogP contribution in [0.1, 0.15) is 23.6 Å². The number of benzene rings is 2. The predicted molar refractivity (Wildman–Crippen MR) is 104 cm³/mol. The van der Waals surface area contributed by atoms with Gasteiger partial charge in [0, 0.05) is 17.3 Å². The number of hydrogen-bond donors (Lipinski definition) is 1. The highest BCUT2D eigenvalue weighted by Crippen LogP contribution is 2.58. The number of nitrogens with zero attached hydrogens (tertiary/aromatic N) is 1. The Morgan fingerprint density at radius 3 is 2.03 bits per heavy atom. The lowest BCUT2D eigenvalue weighted by atomic mass is 9.85. The molecule has 0 spiro atoms. The number of anilines is 2. The summed E-state index contributed by atoms with van der Waals surface area (Å²) in [6, 6.07) is 4.27. The first-order chi connectivity index (χ1) is 14.9. The molecule has 1 atom stereocenters. The van der Waals surface area contributed by atoms with Gasteiger partial charge in [-0.1, -0.05) is 19.1 Å². The van der Waals surface area contributed by atoms with Crippen molar-refractivity contribution in [3.05, 3.63) is 61.6 Å². The van der Waals surface area contributed by atoms with Crippen LogP contribution in [0.3, 0.4) is 0 Å². The maximum atomic E-state index is 14.9. The van der Waals surface area contributed by atoms with Crippen molar-refractivity contribution in [2.24, 2.45) is 0 Å². The maximum Gasteiger partial charge on any atom is 0.457 e. The van der Waals surface area contributed by atoms with E-state index in [1.807, 2.05) is 0 Å². The maximum absolute atomic E-state index is 14.9. The summed E-state index contributed by atoms with van der Waals surface area (Å²) in [5, 5.41) is 13.8. The fraction of sp³-hybridized carbons (Fsp3) is 0.368. The molecule has 0 saturated heterocycles. The quantitative estimate of drug-likeness (QED) is 0.225. The van der Waals surface area contributed by atoms with Crippen LogP contribution >= 0.6 is 15.9 Å². The van der Waals surface area contributed by atoms with Crippen LogP contribution in [0.4, 0.5) is 56.6 Å². The van der Waals surface area contributed by atoms with E-state index in [9.17, 15) is 49.6 Å². The SMILES string of the molecule is CCc1cc(C(F)(C(F)(F)F)C(F)(F)C(F)(F)F)cc(C)c1Nc1cccc([N+](=O)[O-])c1Br. The summed E-state index contributed by atoms with van der Waals surface area (Å²) < 4.78 is 121. The van der Waals surface area contributed by atoms with Gasteiger partial charge in [-0.05, 0) is 52.5 Å². The summed E-state index contributed by atoms with van der Waals surface area (Å²) >= 11 is 2.99. The van der Waals surface area contributed by atoms with Crippen LogP contribution in [-0.4, -0.2) is 23.2 Å². The highest BCUT2D eigenvalue weighted by Gasteiger charge is 2.81. The van der Waals surface area contributed by atoms with Crippen LogP contribution in [0, 0.1) is 17.0 Å². The first-order valence-electron chi connectivity index (χ1n) is 8.94. The van der Waals surface area contributed by atoms with Crippen molar-refractivity contribution >= 4 is 33.0 Å². The molecule has 1 N–H and O–H groups in total. The van der Waals surface area contributed by atoms with E-state index in [4.69, 9.17) is 0 Å². The molecule has 14 heteroatoms. The summed E-state index contributed by atoms with van der Waals surface area (Å²) in [7, 11) is 0. The first-order valence-corrected chi connectivity index (χ1v) is 9.73. The fourth-order valence-corrected chi connectivity index (χ4v) is 3.64. The Morgan fingerprint density at radius 2 is 1.58 bits per heavy atom. The Morgan fingerprint density at radius 1 is 1.00 bits per heavy atom. The highest BCUT2D eigenvalue weighted by molar-refractivity contribution is 9.10. The molecule has 2 rings (SSSR count). The molecule has 182 valence electrons. The lowest BCUT2D eigenvalue weighted by Gasteiger charge is -2.36. The summed E-state index contributed by atoms with van der Waals surface area (Å²) in [4.78, 5) is 10.3. The minimum atomic E-state index is -6.83. The van der Waals surface area contributed by atoms with Crippen molar-refractivity contribution in [1.29, 1.82) is 0 Å². The topological polar surface area (TPSA) is 55.2 Å². The van der Waals surface area contributed by atoms with Gasteiger partial charge in [0.25, 0.3) is 5.69 Å². The van der Waals surface area contributed by atoms with E-state index in [2.05, 4.69) is 21.2 Å². The van der Waals surface area contributed by atoms with Crippen LogP contribution < -0.4 is 5.32 Å². The molecular weight excluding hydrogens is 539 g/mol. The van der Waals surface area contributed by atoms with Crippen molar-refractivity contribution in [2.75, 3.05) is 5.32 Å². The molecule has 1 unspecified atom stereocenters. The van der Waals surface area contributed by atoms with Crippen LogP contribution in [0.15, 0.2) is 34.8 Å². The second-order valence-electron chi connectivity index (χ2n) is 6.93. The average Bonchev–Trinajstić information content (AvgIpc) is 2.67. The highest BCUT2D eigenvalue weighted by atomic mass is 79.9. The van der Waals surface area contributed by atoms with Gasteiger partial charge in [0.2, 0.25) is 0 Å². The molecule has 4 nitrogen and oxygen atoms in total. The normalized spacial score (nSPS) is 14.7. The largest absolute Gasteiger partial charge is 0.457 e. The molecular formula is C19H14BrF9N2O2. The molecule has 0 heterocycles. The monoisotopic (exact) mass is 552 g/mol. The number of alkyl halides is 9. The molecule has 0 saturated carbocycles. The van der Waals surface area contributed by atoms with Gasteiger partial charge < -0.3 is 5.32 Å². The van der Waals surface area contributed by atoms with E-state index in [0.717, 1.165) is 13.0 Å². The van der Waals surface area contributed by atoms with Crippen LogP contribution in [-0.2, 0) is 12.1 Å². The third-order valence-electron chi connectivity index (χ3n) is 4.81. The number of hydrogen-bond acceptors (Lipinski definition) is 3. The molecule has 2 aromatic rings. The molecule has 0 radical (unpaired) electrons. The first kappa shape index (κ1) is 26.7. The van der Waals surface area contributed by atoms with Crippen molar-refractivity contribution in [3.8, 4) is 0 Å². The van der Waals surface area contributed by atoms with Crippen molar-refractivity contribution < 1.29 is 44.4 Å². The van der Waals surface area contributed by atoms with Gasteiger partial charge in [0.05, 0.1) is 10.6 Å². The average molecular weight is 553 g/mol. The Balaban J connectivity index is 2.73.